The van der Waals surface area contributed by atoms with Crippen LogP contribution in [0.2, 0.25) is 5.02 Å². The monoisotopic (exact) mass is 537 g/mol. The van der Waals surface area contributed by atoms with Gasteiger partial charge in [-0.3, -0.25) is 19.7 Å². The summed E-state index contributed by atoms with van der Waals surface area (Å²) >= 11 is 7.37. The highest BCUT2D eigenvalue weighted by Gasteiger charge is 2.28. The number of rotatable bonds is 6. The van der Waals surface area contributed by atoms with E-state index in [0.717, 1.165) is 36.1 Å². The van der Waals surface area contributed by atoms with Gasteiger partial charge in [-0.25, -0.2) is 9.59 Å². The number of carboxylic acids is 2. The van der Waals surface area contributed by atoms with E-state index in [4.69, 9.17) is 36.1 Å². The Morgan fingerprint density at radius 2 is 1.69 bits per heavy atom. The molecule has 192 valence electrons. The molecule has 0 bridgehead atoms. The highest BCUT2D eigenvalue weighted by Crippen LogP contribution is 2.38. The zero-order valence-electron chi connectivity index (χ0n) is 19.0. The standard InChI is InChI=1S/C21H22ClN3O4S.C2H2O4/c22-12-5-7-13(8-6-12)24-19(27)18-14-3-1-2-4-16(14)30-20(18)25-17(26)11-23-15-9-10-29-21(15)28;3-1(4)2(5)6/h5-8,15,23H,1-4,9-11H2,(H,24,27)(H,25,26);(H,3,4)(H,5,6). The first-order valence-electron chi connectivity index (χ1n) is 11.0. The number of aryl methyl sites for hydroxylation is 1. The van der Waals surface area contributed by atoms with Gasteiger partial charge in [-0.05, 0) is 55.5 Å². The zero-order chi connectivity index (χ0) is 26.2. The largest absolute Gasteiger partial charge is 0.473 e. The van der Waals surface area contributed by atoms with Crippen molar-refractivity contribution in [3.63, 3.8) is 0 Å². The maximum Gasteiger partial charge on any atom is 0.414 e. The molecule has 1 aromatic carbocycles. The summed E-state index contributed by atoms with van der Waals surface area (Å²) in [4.78, 5) is 56.5. The van der Waals surface area contributed by atoms with Crippen LogP contribution in [0.15, 0.2) is 24.3 Å². The molecule has 5 N–H and O–H groups in total. The Labute approximate surface area is 214 Å². The SMILES string of the molecule is O=C(CNC1CCOC1=O)Nc1sc2c(c1C(=O)Nc1ccc(Cl)cc1)CCCC2.O=C(O)C(=O)O. The molecule has 0 saturated carbocycles. The summed E-state index contributed by atoms with van der Waals surface area (Å²) in [6, 6.07) is 6.44. The molecule has 1 fully saturated rings. The quantitative estimate of drug-likeness (QED) is 0.274. The summed E-state index contributed by atoms with van der Waals surface area (Å²) in [5.41, 5.74) is 2.18. The molecule has 0 spiro atoms. The van der Waals surface area contributed by atoms with Gasteiger partial charge in [0, 0.05) is 22.0 Å². The van der Waals surface area contributed by atoms with Crippen LogP contribution in [0.4, 0.5) is 10.7 Å². The van der Waals surface area contributed by atoms with Crippen molar-refractivity contribution in [3.05, 3.63) is 45.3 Å². The van der Waals surface area contributed by atoms with Crippen molar-refractivity contribution in [2.24, 2.45) is 0 Å². The number of amides is 2. The van der Waals surface area contributed by atoms with Crippen molar-refractivity contribution in [1.29, 1.82) is 0 Å². The fraction of sp³-hybridized carbons (Fsp3) is 0.348. The summed E-state index contributed by atoms with van der Waals surface area (Å²) in [6.45, 7) is 0.339. The Hall–Kier alpha value is -3.48. The average molecular weight is 538 g/mol. The number of nitrogens with one attached hydrogen (secondary N) is 3. The molecule has 0 radical (unpaired) electrons. The molecule has 11 nitrogen and oxygen atoms in total. The van der Waals surface area contributed by atoms with Gasteiger partial charge in [0.2, 0.25) is 5.91 Å². The Balaban J connectivity index is 0.000000538. The number of carbonyl (C=O) groups excluding carboxylic acids is 3. The van der Waals surface area contributed by atoms with Crippen LogP contribution < -0.4 is 16.0 Å². The van der Waals surface area contributed by atoms with Crippen LogP contribution in [0.3, 0.4) is 0 Å². The Bertz CT molecular complexity index is 1150. The van der Waals surface area contributed by atoms with Gasteiger partial charge in [-0.15, -0.1) is 11.3 Å². The lowest BCUT2D eigenvalue weighted by atomic mass is 9.95. The third-order valence-corrected chi connectivity index (χ3v) is 6.84. The number of hydrogen-bond acceptors (Lipinski definition) is 8. The number of cyclic esters (lactones) is 1. The summed E-state index contributed by atoms with van der Waals surface area (Å²) in [5.74, 6) is -4.53. The minimum Gasteiger partial charge on any atom is -0.473 e. The van der Waals surface area contributed by atoms with E-state index in [1.165, 1.54) is 11.3 Å². The number of thiophene rings is 1. The van der Waals surface area contributed by atoms with Gasteiger partial charge < -0.3 is 25.6 Å². The van der Waals surface area contributed by atoms with Gasteiger partial charge in [0.15, 0.2) is 0 Å². The molecule has 1 aromatic heterocycles. The maximum absolute atomic E-state index is 13.1. The van der Waals surface area contributed by atoms with Crippen molar-refractivity contribution in [1.82, 2.24) is 5.32 Å². The summed E-state index contributed by atoms with van der Waals surface area (Å²) in [6.07, 6.45) is 4.36. The number of aliphatic carboxylic acids is 2. The molecule has 1 aliphatic heterocycles. The molecule has 2 amide bonds. The number of fused-ring (bicyclic) bond motifs is 1. The van der Waals surface area contributed by atoms with E-state index in [-0.39, 0.29) is 24.3 Å². The highest BCUT2D eigenvalue weighted by molar-refractivity contribution is 7.17. The van der Waals surface area contributed by atoms with E-state index >= 15 is 0 Å². The number of benzene rings is 1. The lowest BCUT2D eigenvalue weighted by molar-refractivity contribution is -0.159. The molecule has 13 heteroatoms. The van der Waals surface area contributed by atoms with Gasteiger partial charge in [0.05, 0.1) is 18.7 Å². The normalized spacial score (nSPS) is 16.1. The van der Waals surface area contributed by atoms with E-state index in [1.807, 2.05) is 0 Å². The van der Waals surface area contributed by atoms with Gasteiger partial charge in [0.1, 0.15) is 11.0 Å². The number of anilines is 2. The molecule has 2 heterocycles. The fourth-order valence-corrected chi connectivity index (χ4v) is 5.12. The first-order chi connectivity index (χ1) is 17.2. The van der Waals surface area contributed by atoms with Crippen LogP contribution in [0, 0.1) is 0 Å². The zero-order valence-corrected chi connectivity index (χ0v) is 20.5. The number of ether oxygens (including phenoxy) is 1. The van der Waals surface area contributed by atoms with Crippen LogP contribution in [0.5, 0.6) is 0 Å². The second-order valence-corrected chi connectivity index (χ2v) is 9.47. The lowest BCUT2D eigenvalue weighted by Gasteiger charge is -2.13. The number of carboxylic acid groups (broad SMARTS) is 2. The molecule has 1 unspecified atom stereocenters. The minimum atomic E-state index is -1.82. The van der Waals surface area contributed by atoms with Crippen LogP contribution in [0.1, 0.15) is 40.1 Å². The lowest BCUT2D eigenvalue weighted by Crippen LogP contribution is -2.38. The first kappa shape index (κ1) is 27.1. The number of carbonyl (C=O) groups is 5. The van der Waals surface area contributed by atoms with Crippen LogP contribution in [-0.2, 0) is 36.8 Å². The third kappa shape index (κ3) is 7.26. The predicted molar refractivity (Wildman–Crippen MR) is 132 cm³/mol. The molecule has 2 aromatic rings. The fourth-order valence-electron chi connectivity index (χ4n) is 3.69. The number of esters is 1. The Morgan fingerprint density at radius 1 is 1.03 bits per heavy atom. The van der Waals surface area contributed by atoms with Gasteiger partial charge in [0.25, 0.3) is 5.91 Å². The second-order valence-electron chi connectivity index (χ2n) is 7.92. The van der Waals surface area contributed by atoms with E-state index < -0.39 is 18.0 Å². The molecular formula is C23H24ClN3O8S. The Kier molecular flexibility index (Phi) is 9.39. The Morgan fingerprint density at radius 3 is 2.31 bits per heavy atom. The topological polar surface area (TPSA) is 171 Å². The molecule has 2 aliphatic rings. The molecule has 1 atom stereocenters. The first-order valence-corrected chi connectivity index (χ1v) is 12.2. The number of hydrogen-bond donors (Lipinski definition) is 5. The van der Waals surface area contributed by atoms with E-state index in [1.54, 1.807) is 24.3 Å². The van der Waals surface area contributed by atoms with Gasteiger partial charge in [-0.2, -0.15) is 0 Å². The third-order valence-electron chi connectivity index (χ3n) is 5.38. The van der Waals surface area contributed by atoms with Crippen LogP contribution in [0.25, 0.3) is 0 Å². The summed E-state index contributed by atoms with van der Waals surface area (Å²) < 4.78 is 4.89. The van der Waals surface area contributed by atoms with E-state index in [9.17, 15) is 14.4 Å². The smallest absolute Gasteiger partial charge is 0.414 e. The van der Waals surface area contributed by atoms with Crippen molar-refractivity contribution in [2.75, 3.05) is 23.8 Å². The van der Waals surface area contributed by atoms with Gasteiger partial charge in [-0.1, -0.05) is 11.6 Å². The minimum absolute atomic E-state index is 0.0272. The van der Waals surface area contributed by atoms with Crippen molar-refractivity contribution >= 4 is 63.3 Å². The molecule has 4 rings (SSSR count). The maximum atomic E-state index is 13.1. The summed E-state index contributed by atoms with van der Waals surface area (Å²) in [7, 11) is 0. The van der Waals surface area contributed by atoms with Crippen molar-refractivity contribution in [3.8, 4) is 0 Å². The number of halogens is 1. The molecular weight excluding hydrogens is 514 g/mol. The average Bonchev–Trinajstić information content (AvgIpc) is 3.42. The van der Waals surface area contributed by atoms with Gasteiger partial charge >= 0.3 is 17.9 Å². The van der Waals surface area contributed by atoms with Crippen molar-refractivity contribution < 1.29 is 38.9 Å². The molecule has 1 aliphatic carbocycles. The van der Waals surface area contributed by atoms with Crippen molar-refractivity contribution in [2.45, 2.75) is 38.1 Å². The van der Waals surface area contributed by atoms with E-state index in [2.05, 4.69) is 16.0 Å². The second kappa shape index (κ2) is 12.5. The molecule has 1 saturated heterocycles. The highest BCUT2D eigenvalue weighted by atomic mass is 35.5. The summed E-state index contributed by atoms with van der Waals surface area (Å²) in [5, 5.41) is 24.6. The van der Waals surface area contributed by atoms with Crippen LogP contribution >= 0.6 is 22.9 Å². The molecule has 36 heavy (non-hydrogen) atoms. The predicted octanol–water partition coefficient (Wildman–Crippen LogP) is 2.53. The van der Waals surface area contributed by atoms with E-state index in [0.29, 0.717) is 34.3 Å². The van der Waals surface area contributed by atoms with Crippen LogP contribution in [-0.4, -0.2) is 59.1 Å².